The minimum atomic E-state index is -4.22. The van der Waals surface area contributed by atoms with E-state index >= 15 is 0 Å². The summed E-state index contributed by atoms with van der Waals surface area (Å²) in [5.74, 6) is -0.311. The lowest BCUT2D eigenvalue weighted by atomic mass is 10.1. The van der Waals surface area contributed by atoms with Crippen LogP contribution in [0.4, 0.5) is 0 Å². The van der Waals surface area contributed by atoms with Gasteiger partial charge in [-0.25, -0.2) is 8.42 Å². The van der Waals surface area contributed by atoms with E-state index in [1.165, 1.54) is 36.4 Å². The van der Waals surface area contributed by atoms with Gasteiger partial charge in [0.1, 0.15) is 0 Å². The van der Waals surface area contributed by atoms with E-state index in [0.29, 0.717) is 10.6 Å². The van der Waals surface area contributed by atoms with E-state index in [4.69, 9.17) is 11.6 Å². The third kappa shape index (κ3) is 4.83. The maximum Gasteiger partial charge on any atom is 0.284 e. The van der Waals surface area contributed by atoms with Crippen LogP contribution >= 0.6 is 11.6 Å². The van der Waals surface area contributed by atoms with E-state index in [-0.39, 0.29) is 15.6 Å². The summed E-state index contributed by atoms with van der Waals surface area (Å²) in [5.41, 5.74) is 0.300. The van der Waals surface area contributed by atoms with Gasteiger partial charge in [0.15, 0.2) is 5.84 Å². The largest absolute Gasteiger partial charge is 0.284 e. The van der Waals surface area contributed by atoms with Crippen molar-refractivity contribution in [3.05, 3.63) is 108 Å². The van der Waals surface area contributed by atoms with Crippen LogP contribution in [0, 0.1) is 0 Å². The SMILES string of the molecule is O=S(=O)(N=C(NS(=O)(=O)c1ccc(Cl)cc1)c1ccccc1)c1ccc2ccccc2c1. The third-order valence-electron chi connectivity index (χ3n) is 4.63. The number of halogens is 1. The molecule has 0 bridgehead atoms. The molecule has 0 unspecified atom stereocenters. The first-order valence-electron chi connectivity index (χ1n) is 9.42. The van der Waals surface area contributed by atoms with E-state index in [1.54, 1.807) is 48.5 Å². The standard InChI is InChI=1S/C23H17ClN2O4S2/c24-20-11-14-21(15-12-20)31(27,28)25-23(18-7-2-1-3-8-18)26-32(29,30)22-13-10-17-6-4-5-9-19(17)16-22/h1-16H,(H,25,26). The number of nitrogens with one attached hydrogen (secondary N) is 1. The molecule has 4 rings (SSSR count). The Morgan fingerprint density at radius 1 is 0.688 bits per heavy atom. The summed E-state index contributed by atoms with van der Waals surface area (Å²) in [5, 5.41) is 1.98. The van der Waals surface area contributed by atoms with Crippen molar-refractivity contribution >= 4 is 48.3 Å². The zero-order chi connectivity index (χ0) is 22.8. The molecule has 9 heteroatoms. The van der Waals surface area contributed by atoms with Crippen LogP contribution < -0.4 is 4.72 Å². The van der Waals surface area contributed by atoms with Crippen molar-refractivity contribution < 1.29 is 16.8 Å². The summed E-state index contributed by atoms with van der Waals surface area (Å²) >= 11 is 5.84. The predicted molar refractivity (Wildman–Crippen MR) is 126 cm³/mol. The minimum absolute atomic E-state index is 0.0460. The summed E-state index contributed by atoms with van der Waals surface area (Å²) in [6.45, 7) is 0. The monoisotopic (exact) mass is 484 g/mol. The van der Waals surface area contributed by atoms with Crippen LogP contribution in [0.2, 0.25) is 5.02 Å². The molecule has 0 saturated carbocycles. The maximum absolute atomic E-state index is 13.1. The van der Waals surface area contributed by atoms with Gasteiger partial charge in [-0.3, -0.25) is 4.72 Å². The Labute approximate surface area is 191 Å². The Morgan fingerprint density at radius 2 is 1.28 bits per heavy atom. The molecule has 0 amide bonds. The molecule has 0 aliphatic carbocycles. The quantitative estimate of drug-likeness (QED) is 0.331. The zero-order valence-electron chi connectivity index (χ0n) is 16.5. The van der Waals surface area contributed by atoms with Gasteiger partial charge in [-0.05, 0) is 47.2 Å². The number of hydrogen-bond acceptors (Lipinski definition) is 4. The molecule has 6 nitrogen and oxygen atoms in total. The molecule has 0 radical (unpaired) electrons. The highest BCUT2D eigenvalue weighted by Gasteiger charge is 2.21. The summed E-state index contributed by atoms with van der Waals surface area (Å²) in [6.07, 6.45) is 0. The average molecular weight is 485 g/mol. The normalized spacial score (nSPS) is 12.6. The Bertz CT molecular complexity index is 1520. The summed E-state index contributed by atoms with van der Waals surface area (Å²) in [4.78, 5) is -0.121. The van der Waals surface area contributed by atoms with Crippen LogP contribution in [0.3, 0.4) is 0 Å². The Kier molecular flexibility index (Phi) is 6.01. The Balaban J connectivity index is 1.79. The topological polar surface area (TPSA) is 92.7 Å². The number of rotatable bonds is 5. The van der Waals surface area contributed by atoms with Crippen LogP contribution in [0.1, 0.15) is 5.56 Å². The summed E-state index contributed by atoms with van der Waals surface area (Å²) in [6, 6.07) is 25.6. The van der Waals surface area contributed by atoms with Crippen LogP contribution in [-0.4, -0.2) is 22.7 Å². The van der Waals surface area contributed by atoms with Crippen LogP contribution in [0.5, 0.6) is 0 Å². The first kappa shape index (κ1) is 22.0. The molecule has 4 aromatic carbocycles. The first-order chi connectivity index (χ1) is 15.2. The van der Waals surface area contributed by atoms with Crippen molar-refractivity contribution in [3.63, 3.8) is 0 Å². The first-order valence-corrected chi connectivity index (χ1v) is 12.7. The molecule has 4 aromatic rings. The predicted octanol–water partition coefficient (Wildman–Crippen LogP) is 4.61. The molecule has 0 fully saturated rings. The summed E-state index contributed by atoms with van der Waals surface area (Å²) in [7, 11) is -8.34. The second kappa shape index (κ2) is 8.74. The Hall–Kier alpha value is -3.20. The Morgan fingerprint density at radius 3 is 1.97 bits per heavy atom. The fourth-order valence-corrected chi connectivity index (χ4v) is 5.25. The van der Waals surface area contributed by atoms with Gasteiger partial charge in [-0.1, -0.05) is 72.3 Å². The average Bonchev–Trinajstić information content (AvgIpc) is 2.79. The van der Waals surface area contributed by atoms with Crippen LogP contribution in [0.15, 0.2) is 111 Å². The molecule has 0 aliphatic heterocycles. The van der Waals surface area contributed by atoms with Crippen molar-refractivity contribution in [2.24, 2.45) is 4.40 Å². The molecular weight excluding hydrogens is 468 g/mol. The van der Waals surface area contributed by atoms with E-state index in [0.717, 1.165) is 10.8 Å². The molecular formula is C23H17ClN2O4S2. The van der Waals surface area contributed by atoms with Gasteiger partial charge < -0.3 is 0 Å². The summed E-state index contributed by atoms with van der Waals surface area (Å²) < 4.78 is 58.1. The molecule has 0 aromatic heterocycles. The maximum atomic E-state index is 13.1. The van der Waals surface area contributed by atoms with Gasteiger partial charge in [0, 0.05) is 10.6 Å². The van der Waals surface area contributed by atoms with Gasteiger partial charge in [0.25, 0.3) is 20.0 Å². The highest BCUT2D eigenvalue weighted by molar-refractivity contribution is 7.91. The van der Waals surface area contributed by atoms with Gasteiger partial charge in [0.05, 0.1) is 9.79 Å². The van der Waals surface area contributed by atoms with Gasteiger partial charge >= 0.3 is 0 Å². The zero-order valence-corrected chi connectivity index (χ0v) is 18.9. The van der Waals surface area contributed by atoms with Crippen molar-refractivity contribution in [1.82, 2.24) is 4.72 Å². The van der Waals surface area contributed by atoms with E-state index in [2.05, 4.69) is 9.12 Å². The highest BCUT2D eigenvalue weighted by atomic mass is 35.5. The van der Waals surface area contributed by atoms with Crippen molar-refractivity contribution in [1.29, 1.82) is 0 Å². The highest BCUT2D eigenvalue weighted by Crippen LogP contribution is 2.21. The smallest absolute Gasteiger partial charge is 0.262 e. The third-order valence-corrected chi connectivity index (χ3v) is 7.51. The van der Waals surface area contributed by atoms with Gasteiger partial charge in [-0.2, -0.15) is 8.42 Å². The lowest BCUT2D eigenvalue weighted by molar-refractivity contribution is 0.592. The van der Waals surface area contributed by atoms with E-state index < -0.39 is 20.0 Å². The molecule has 0 spiro atoms. The second-order valence-corrected chi connectivity index (χ2v) is 10.6. The number of nitrogens with zero attached hydrogens (tertiary/aromatic N) is 1. The van der Waals surface area contributed by atoms with Crippen molar-refractivity contribution in [2.75, 3.05) is 0 Å². The van der Waals surface area contributed by atoms with Crippen LogP contribution in [-0.2, 0) is 20.0 Å². The number of sulfonamides is 2. The van der Waals surface area contributed by atoms with Gasteiger partial charge in [-0.15, -0.1) is 4.40 Å². The van der Waals surface area contributed by atoms with Crippen molar-refractivity contribution in [2.45, 2.75) is 9.79 Å². The van der Waals surface area contributed by atoms with Gasteiger partial charge in [0.2, 0.25) is 0 Å². The van der Waals surface area contributed by atoms with E-state index in [1.807, 2.05) is 12.1 Å². The molecule has 1 N–H and O–H groups in total. The second-order valence-electron chi connectivity index (χ2n) is 6.85. The number of fused-ring (bicyclic) bond motifs is 1. The lowest BCUT2D eigenvalue weighted by Gasteiger charge is -2.12. The molecule has 0 saturated heterocycles. The molecule has 0 atom stereocenters. The lowest BCUT2D eigenvalue weighted by Crippen LogP contribution is -2.32. The fraction of sp³-hybridized carbons (Fsp3) is 0. The minimum Gasteiger partial charge on any atom is -0.262 e. The van der Waals surface area contributed by atoms with Crippen LogP contribution in [0.25, 0.3) is 10.8 Å². The van der Waals surface area contributed by atoms with Crippen molar-refractivity contribution in [3.8, 4) is 0 Å². The molecule has 0 aliphatic rings. The molecule has 32 heavy (non-hydrogen) atoms. The number of hydrogen-bond donors (Lipinski definition) is 1. The molecule has 162 valence electrons. The molecule has 0 heterocycles. The number of benzene rings is 4. The van der Waals surface area contributed by atoms with E-state index in [9.17, 15) is 16.8 Å². The fourth-order valence-electron chi connectivity index (χ4n) is 3.03. The number of amidine groups is 1.